The summed E-state index contributed by atoms with van der Waals surface area (Å²) in [4.78, 5) is 17.8. The Balaban J connectivity index is 3.11. The minimum absolute atomic E-state index is 0.0493. The van der Waals surface area contributed by atoms with Crippen molar-refractivity contribution in [2.75, 3.05) is 0 Å². The van der Waals surface area contributed by atoms with Crippen LogP contribution in [0.15, 0.2) is 16.6 Å². The monoisotopic (exact) mass is 336 g/mol. The summed E-state index contributed by atoms with van der Waals surface area (Å²) in [5.41, 5.74) is 0. The number of halogens is 3. The van der Waals surface area contributed by atoms with Crippen molar-refractivity contribution in [1.29, 1.82) is 0 Å². The molecule has 0 aliphatic heterocycles. The average molecular weight is 338 g/mol. The molecule has 0 aliphatic carbocycles. The van der Waals surface area contributed by atoms with Crippen LogP contribution in [0, 0.1) is 0 Å². The summed E-state index contributed by atoms with van der Waals surface area (Å²) in [5.74, 6) is 0.0493. The first-order valence-corrected chi connectivity index (χ1v) is 7.37. The van der Waals surface area contributed by atoms with Gasteiger partial charge in [-0.2, -0.15) is 0 Å². The van der Waals surface area contributed by atoms with E-state index in [4.69, 9.17) is 33.0 Å². The number of hydrogen-bond acceptors (Lipinski definition) is 2. The van der Waals surface area contributed by atoms with Gasteiger partial charge in [0.05, 0.1) is 10.0 Å². The molecule has 0 unspecified atom stereocenters. The molecule has 0 aromatic heterocycles. The predicted octanol–water partition coefficient (Wildman–Crippen LogP) is 3.34. The zero-order valence-corrected chi connectivity index (χ0v) is 11.3. The van der Waals surface area contributed by atoms with Crippen molar-refractivity contribution < 1.29 is 14.3 Å². The first-order valence-electron chi connectivity index (χ1n) is 3.19. The molecule has 0 saturated carbocycles. The molecule has 3 nitrogen and oxygen atoms in total. The second-order valence-electron chi connectivity index (χ2n) is 2.28. The van der Waals surface area contributed by atoms with Crippen molar-refractivity contribution in [2.24, 2.45) is 0 Å². The highest BCUT2D eigenvalue weighted by Crippen LogP contribution is 2.43. The largest absolute Gasteiger partial charge is 0.423 e. The topological polar surface area (TPSA) is 49.7 Å². The summed E-state index contributed by atoms with van der Waals surface area (Å²) in [6, 6.07) is 2.83. The van der Waals surface area contributed by atoms with Crippen molar-refractivity contribution in [3.63, 3.8) is 0 Å². The van der Waals surface area contributed by atoms with E-state index in [0.717, 1.165) is 0 Å². The van der Waals surface area contributed by atoms with Crippen LogP contribution in [0.3, 0.4) is 0 Å². The van der Waals surface area contributed by atoms with E-state index >= 15 is 0 Å². The molecule has 0 bridgehead atoms. The molecule has 0 spiro atoms. The Labute approximate surface area is 104 Å². The van der Waals surface area contributed by atoms with E-state index in [2.05, 4.69) is 32.3 Å². The second-order valence-corrected chi connectivity index (χ2v) is 6.54. The summed E-state index contributed by atoms with van der Waals surface area (Å²) >= 11 is 18.9. The summed E-state index contributed by atoms with van der Waals surface area (Å²) in [6.45, 7) is -3.77. The van der Waals surface area contributed by atoms with Crippen LogP contribution in [0.5, 0.6) is 5.75 Å². The number of benzene rings is 1. The van der Waals surface area contributed by atoms with Crippen molar-refractivity contribution in [2.45, 2.75) is 0 Å². The van der Waals surface area contributed by atoms with E-state index in [9.17, 15) is 0 Å². The van der Waals surface area contributed by atoms with Crippen molar-refractivity contribution >= 4 is 57.7 Å². The molecular weight excluding hydrogens is 334 g/mol. The van der Waals surface area contributed by atoms with E-state index < -0.39 is 6.72 Å². The van der Waals surface area contributed by atoms with Crippen LogP contribution in [-0.2, 0) is 11.8 Å². The minimum Gasteiger partial charge on any atom is -0.423 e. The van der Waals surface area contributed by atoms with Gasteiger partial charge in [-0.1, -0.05) is 23.2 Å². The molecule has 0 amide bonds. The molecule has 0 aliphatic rings. The molecule has 0 radical (unpaired) electrons. The first kappa shape index (κ1) is 12.7. The lowest BCUT2D eigenvalue weighted by Crippen LogP contribution is -1.90. The maximum atomic E-state index is 8.90. The lowest BCUT2D eigenvalue weighted by Gasteiger charge is -2.11. The Kier molecular flexibility index (Phi) is 4.23. The van der Waals surface area contributed by atoms with Gasteiger partial charge in [-0.3, -0.25) is 0 Å². The summed E-state index contributed by atoms with van der Waals surface area (Å²) in [6.07, 6.45) is 0. The van der Waals surface area contributed by atoms with Gasteiger partial charge in [0.25, 0.3) is 0 Å². The Bertz CT molecular complexity index is 408. The number of rotatable bonds is 2. The maximum Gasteiger partial charge on any atom is 0.375 e. The summed E-state index contributed by atoms with van der Waals surface area (Å²) < 4.78 is 5.25. The average Bonchev–Trinajstić information content (AvgIpc) is 1.97. The van der Waals surface area contributed by atoms with Crippen LogP contribution in [-0.4, -0.2) is 9.79 Å². The standard InChI is InChI=1S/C6H4BrCl2O3PS/c7-3-1-5(9)6(2-4(3)8)12-13(10,11)14/h1-2H,(H2,10,11,14). The van der Waals surface area contributed by atoms with Gasteiger partial charge in [-0.05, 0) is 22.0 Å². The van der Waals surface area contributed by atoms with Gasteiger partial charge in [0.2, 0.25) is 0 Å². The Morgan fingerprint density at radius 1 is 1.29 bits per heavy atom. The van der Waals surface area contributed by atoms with Gasteiger partial charge < -0.3 is 14.3 Å². The number of hydrogen-bond donors (Lipinski definition) is 2. The zero-order chi connectivity index (χ0) is 10.9. The fourth-order valence-corrected chi connectivity index (χ4v) is 2.24. The van der Waals surface area contributed by atoms with Crippen molar-refractivity contribution in [3.05, 3.63) is 26.7 Å². The quantitative estimate of drug-likeness (QED) is 0.642. The molecule has 2 N–H and O–H groups in total. The molecule has 0 heterocycles. The zero-order valence-electron chi connectivity index (χ0n) is 6.45. The van der Waals surface area contributed by atoms with Crippen molar-refractivity contribution in [3.8, 4) is 5.75 Å². The highest BCUT2D eigenvalue weighted by atomic mass is 79.9. The summed E-state index contributed by atoms with van der Waals surface area (Å²) in [7, 11) is 0. The van der Waals surface area contributed by atoms with E-state index in [1.165, 1.54) is 12.1 Å². The smallest absolute Gasteiger partial charge is 0.375 e. The van der Waals surface area contributed by atoms with Crippen molar-refractivity contribution in [1.82, 2.24) is 0 Å². The fraction of sp³-hybridized carbons (Fsp3) is 0. The van der Waals surface area contributed by atoms with Crippen LogP contribution in [0.1, 0.15) is 0 Å². The fourth-order valence-electron chi connectivity index (χ4n) is 0.702. The van der Waals surface area contributed by atoms with E-state index in [0.29, 0.717) is 9.50 Å². The molecular formula is C6H4BrCl2O3PS. The molecule has 1 aromatic carbocycles. The summed E-state index contributed by atoms with van der Waals surface area (Å²) in [5, 5.41) is 0.534. The minimum atomic E-state index is -3.77. The molecule has 0 fully saturated rings. The Morgan fingerprint density at radius 2 is 1.86 bits per heavy atom. The van der Waals surface area contributed by atoms with E-state index in [1.54, 1.807) is 0 Å². The molecule has 14 heavy (non-hydrogen) atoms. The lowest BCUT2D eigenvalue weighted by molar-refractivity contribution is 0.370. The molecule has 78 valence electrons. The highest BCUT2D eigenvalue weighted by molar-refractivity contribution is 9.10. The van der Waals surface area contributed by atoms with Gasteiger partial charge in [-0.25, -0.2) is 0 Å². The van der Waals surface area contributed by atoms with Crippen LogP contribution in [0.2, 0.25) is 10.0 Å². The van der Waals surface area contributed by atoms with E-state index in [-0.39, 0.29) is 10.8 Å². The van der Waals surface area contributed by atoms with E-state index in [1.807, 2.05) is 0 Å². The molecule has 0 saturated heterocycles. The van der Waals surface area contributed by atoms with Gasteiger partial charge in [0.15, 0.2) is 0 Å². The maximum absolute atomic E-state index is 8.90. The normalized spacial score (nSPS) is 11.5. The van der Waals surface area contributed by atoms with Gasteiger partial charge >= 0.3 is 6.72 Å². The molecule has 1 rings (SSSR count). The molecule has 8 heteroatoms. The molecule has 0 atom stereocenters. The Morgan fingerprint density at radius 3 is 2.36 bits per heavy atom. The van der Waals surface area contributed by atoms with Gasteiger partial charge in [0, 0.05) is 22.3 Å². The lowest BCUT2D eigenvalue weighted by atomic mass is 10.3. The van der Waals surface area contributed by atoms with Crippen LogP contribution in [0.4, 0.5) is 0 Å². The predicted molar refractivity (Wildman–Crippen MR) is 63.5 cm³/mol. The van der Waals surface area contributed by atoms with Crippen LogP contribution >= 0.6 is 45.9 Å². The third kappa shape index (κ3) is 3.66. The third-order valence-electron chi connectivity index (χ3n) is 1.19. The second kappa shape index (κ2) is 4.66. The SMILES string of the molecule is OP(O)(=S)Oc1cc(Cl)c(Br)cc1Cl. The van der Waals surface area contributed by atoms with Crippen LogP contribution in [0.25, 0.3) is 0 Å². The van der Waals surface area contributed by atoms with Gasteiger partial charge in [0.1, 0.15) is 5.75 Å². The van der Waals surface area contributed by atoms with Crippen LogP contribution < -0.4 is 4.52 Å². The molecule has 1 aromatic rings. The Hall–Kier alpha value is 0.650. The van der Waals surface area contributed by atoms with Gasteiger partial charge in [-0.15, -0.1) is 0 Å². The highest BCUT2D eigenvalue weighted by Gasteiger charge is 2.14. The first-order chi connectivity index (χ1) is 6.29. The third-order valence-corrected chi connectivity index (χ3v) is 3.34.